The van der Waals surface area contributed by atoms with Crippen LogP contribution in [0.15, 0.2) is 27.4 Å². The second kappa shape index (κ2) is 8.46. The number of hydrogen-bond acceptors (Lipinski definition) is 6. The van der Waals surface area contributed by atoms with Gasteiger partial charge in [-0.15, -0.1) is 0 Å². The van der Waals surface area contributed by atoms with Crippen molar-refractivity contribution in [3.63, 3.8) is 0 Å². The van der Waals surface area contributed by atoms with Gasteiger partial charge in [0.2, 0.25) is 0 Å². The van der Waals surface area contributed by atoms with E-state index in [9.17, 15) is 19.5 Å². The van der Waals surface area contributed by atoms with Gasteiger partial charge in [-0.2, -0.15) is 0 Å². The van der Waals surface area contributed by atoms with E-state index < -0.39 is 24.0 Å². The van der Waals surface area contributed by atoms with Crippen LogP contribution >= 0.6 is 0 Å². The van der Waals surface area contributed by atoms with Gasteiger partial charge in [-0.05, 0) is 56.7 Å². The molecule has 0 saturated heterocycles. The number of ether oxygens (including phenoxy) is 1. The number of aliphatic carboxylic acids is 1. The SMILES string of the molecule is CCC[C@@H](NC(=O)[C@H](C)Oc1ccc2c3c(c(=O)oc2c1)CCCC3)C(=O)[O-]. The molecule has 3 rings (SSSR count). The van der Waals surface area contributed by atoms with Crippen LogP contribution in [0.4, 0.5) is 0 Å². The fourth-order valence-corrected chi connectivity index (χ4v) is 3.58. The third-order valence-electron chi connectivity index (χ3n) is 5.06. The summed E-state index contributed by atoms with van der Waals surface area (Å²) < 4.78 is 11.1. The minimum atomic E-state index is -1.32. The first-order valence-electron chi connectivity index (χ1n) is 9.67. The summed E-state index contributed by atoms with van der Waals surface area (Å²) in [7, 11) is 0. The molecular formula is C21H24NO6-. The number of fused-ring (bicyclic) bond motifs is 3. The molecule has 7 nitrogen and oxygen atoms in total. The molecule has 2 aromatic rings. The Morgan fingerprint density at radius 2 is 1.96 bits per heavy atom. The quantitative estimate of drug-likeness (QED) is 0.722. The van der Waals surface area contributed by atoms with Gasteiger partial charge in [-0.25, -0.2) is 4.79 Å². The number of hydrogen-bond donors (Lipinski definition) is 1. The van der Waals surface area contributed by atoms with Gasteiger partial charge in [0.15, 0.2) is 6.10 Å². The molecule has 0 fully saturated rings. The molecule has 1 aliphatic rings. The van der Waals surface area contributed by atoms with E-state index in [0.717, 1.165) is 42.2 Å². The van der Waals surface area contributed by atoms with Crippen molar-refractivity contribution in [2.24, 2.45) is 0 Å². The summed E-state index contributed by atoms with van der Waals surface area (Å²) in [4.78, 5) is 35.6. The molecule has 1 aromatic carbocycles. The van der Waals surface area contributed by atoms with Crippen molar-refractivity contribution in [3.05, 3.63) is 39.7 Å². The van der Waals surface area contributed by atoms with E-state index in [-0.39, 0.29) is 12.0 Å². The lowest BCUT2D eigenvalue weighted by Crippen LogP contribution is -2.51. The molecule has 1 aliphatic carbocycles. The Bertz CT molecular complexity index is 948. The first-order valence-corrected chi connectivity index (χ1v) is 9.67. The Hall–Kier alpha value is -2.83. The lowest BCUT2D eigenvalue weighted by Gasteiger charge is -2.22. The van der Waals surface area contributed by atoms with Crippen molar-refractivity contribution in [2.75, 3.05) is 0 Å². The maximum atomic E-state index is 12.2. The number of carbonyl (C=O) groups is 2. The van der Waals surface area contributed by atoms with Crippen molar-refractivity contribution < 1.29 is 23.8 Å². The molecule has 1 heterocycles. The standard InChI is InChI=1S/C21H25NO6/c1-3-6-17(20(24)25)22-19(23)12(2)27-13-9-10-15-14-7-4-5-8-16(14)21(26)28-18(15)11-13/h9-12,17H,3-8H2,1-2H3,(H,22,23)(H,24,25)/p-1/t12-,17+/m0/s1. The highest BCUT2D eigenvalue weighted by molar-refractivity contribution is 5.86. The predicted octanol–water partition coefficient (Wildman–Crippen LogP) is 1.47. The Kier molecular flexibility index (Phi) is 6.02. The van der Waals surface area contributed by atoms with Gasteiger partial charge in [-0.3, -0.25) is 4.79 Å². The van der Waals surface area contributed by atoms with Crippen LogP contribution in [0.2, 0.25) is 0 Å². The van der Waals surface area contributed by atoms with Crippen LogP contribution in [-0.2, 0) is 22.4 Å². The van der Waals surface area contributed by atoms with Crippen molar-refractivity contribution in [3.8, 4) is 5.75 Å². The first kappa shape index (κ1) is 19.9. The summed E-state index contributed by atoms with van der Waals surface area (Å²) in [6, 6.07) is 4.11. The van der Waals surface area contributed by atoms with Crippen molar-refractivity contribution in [1.82, 2.24) is 5.32 Å². The molecule has 0 radical (unpaired) electrons. The van der Waals surface area contributed by atoms with Crippen LogP contribution in [0.25, 0.3) is 11.0 Å². The molecule has 0 unspecified atom stereocenters. The zero-order chi connectivity index (χ0) is 20.3. The fourth-order valence-electron chi connectivity index (χ4n) is 3.58. The lowest BCUT2D eigenvalue weighted by atomic mass is 9.91. The van der Waals surface area contributed by atoms with Crippen LogP contribution in [0.5, 0.6) is 5.75 Å². The topological polar surface area (TPSA) is 109 Å². The molecule has 1 amide bonds. The van der Waals surface area contributed by atoms with Crippen molar-refractivity contribution in [2.45, 2.75) is 64.5 Å². The second-order valence-electron chi connectivity index (χ2n) is 7.14. The number of carboxylic acids is 1. The summed E-state index contributed by atoms with van der Waals surface area (Å²) in [6.07, 6.45) is 3.58. The summed E-state index contributed by atoms with van der Waals surface area (Å²) in [5.41, 5.74) is 1.89. The number of carbonyl (C=O) groups excluding carboxylic acids is 2. The Balaban J connectivity index is 1.78. The zero-order valence-electron chi connectivity index (χ0n) is 16.1. The maximum Gasteiger partial charge on any atom is 0.339 e. The number of aryl methyl sites for hydroxylation is 1. The molecular weight excluding hydrogens is 362 g/mol. The van der Waals surface area contributed by atoms with Gasteiger partial charge in [0, 0.05) is 17.0 Å². The van der Waals surface area contributed by atoms with E-state index in [1.54, 1.807) is 12.1 Å². The molecule has 0 bridgehead atoms. The molecule has 28 heavy (non-hydrogen) atoms. The minimum Gasteiger partial charge on any atom is -0.548 e. The molecule has 2 atom stereocenters. The maximum absolute atomic E-state index is 12.2. The third-order valence-corrected chi connectivity index (χ3v) is 5.06. The fraction of sp³-hybridized carbons (Fsp3) is 0.476. The summed E-state index contributed by atoms with van der Waals surface area (Å²) in [5.74, 6) is -1.50. The Labute approximate surface area is 162 Å². The normalized spacial score (nSPS) is 15.5. The van der Waals surface area contributed by atoms with Gasteiger partial charge >= 0.3 is 5.63 Å². The highest BCUT2D eigenvalue weighted by Crippen LogP contribution is 2.29. The zero-order valence-corrected chi connectivity index (χ0v) is 16.1. The van der Waals surface area contributed by atoms with Gasteiger partial charge in [0.25, 0.3) is 5.91 Å². The smallest absolute Gasteiger partial charge is 0.339 e. The predicted molar refractivity (Wildman–Crippen MR) is 101 cm³/mol. The molecule has 1 N–H and O–H groups in total. The van der Waals surface area contributed by atoms with Gasteiger partial charge in [-0.1, -0.05) is 13.3 Å². The number of nitrogens with one attached hydrogen (secondary N) is 1. The Morgan fingerprint density at radius 1 is 1.25 bits per heavy atom. The highest BCUT2D eigenvalue weighted by atomic mass is 16.5. The Morgan fingerprint density at radius 3 is 2.64 bits per heavy atom. The van der Waals surface area contributed by atoms with Gasteiger partial charge in [0.1, 0.15) is 11.3 Å². The monoisotopic (exact) mass is 386 g/mol. The average Bonchev–Trinajstić information content (AvgIpc) is 2.67. The van der Waals surface area contributed by atoms with E-state index >= 15 is 0 Å². The van der Waals surface area contributed by atoms with Crippen LogP contribution in [-0.4, -0.2) is 24.0 Å². The van der Waals surface area contributed by atoms with Gasteiger partial charge < -0.3 is 24.4 Å². The first-order chi connectivity index (χ1) is 13.4. The second-order valence-corrected chi connectivity index (χ2v) is 7.14. The molecule has 0 saturated carbocycles. The molecule has 7 heteroatoms. The van der Waals surface area contributed by atoms with E-state index in [1.165, 1.54) is 6.92 Å². The molecule has 150 valence electrons. The van der Waals surface area contributed by atoms with E-state index in [0.29, 0.717) is 17.8 Å². The minimum absolute atomic E-state index is 0.285. The van der Waals surface area contributed by atoms with Crippen LogP contribution in [0, 0.1) is 0 Å². The number of amides is 1. The summed E-state index contributed by atoms with van der Waals surface area (Å²) in [6.45, 7) is 3.35. The lowest BCUT2D eigenvalue weighted by molar-refractivity contribution is -0.308. The number of benzene rings is 1. The number of carboxylic acid groups (broad SMARTS) is 1. The summed E-state index contributed by atoms with van der Waals surface area (Å²) in [5, 5.41) is 14.4. The van der Waals surface area contributed by atoms with Crippen molar-refractivity contribution in [1.29, 1.82) is 0 Å². The van der Waals surface area contributed by atoms with Crippen molar-refractivity contribution >= 4 is 22.8 Å². The van der Waals surface area contributed by atoms with Crippen LogP contribution < -0.4 is 20.8 Å². The van der Waals surface area contributed by atoms with E-state index in [1.807, 2.05) is 13.0 Å². The van der Waals surface area contributed by atoms with E-state index in [4.69, 9.17) is 9.15 Å². The van der Waals surface area contributed by atoms with Gasteiger partial charge in [0.05, 0.1) is 12.0 Å². The molecule has 1 aromatic heterocycles. The van der Waals surface area contributed by atoms with Crippen LogP contribution in [0.1, 0.15) is 50.7 Å². The number of rotatable bonds is 7. The average molecular weight is 386 g/mol. The van der Waals surface area contributed by atoms with Crippen LogP contribution in [0.3, 0.4) is 0 Å². The largest absolute Gasteiger partial charge is 0.548 e. The molecule has 0 spiro atoms. The summed E-state index contributed by atoms with van der Waals surface area (Å²) >= 11 is 0. The highest BCUT2D eigenvalue weighted by Gasteiger charge is 2.21. The molecule has 0 aliphatic heterocycles. The van der Waals surface area contributed by atoms with E-state index in [2.05, 4.69) is 5.32 Å². The third kappa shape index (κ3) is 4.18.